The van der Waals surface area contributed by atoms with Crippen LogP contribution in [0.3, 0.4) is 0 Å². The van der Waals surface area contributed by atoms with Gasteiger partial charge in [0, 0.05) is 24.7 Å². The van der Waals surface area contributed by atoms with E-state index in [9.17, 15) is 5.11 Å². The third-order valence-electron chi connectivity index (χ3n) is 3.62. The number of nitrogens with two attached hydrogens (primary N) is 1. The van der Waals surface area contributed by atoms with Gasteiger partial charge in [-0.3, -0.25) is 0 Å². The van der Waals surface area contributed by atoms with Gasteiger partial charge in [-0.25, -0.2) is 0 Å². The Kier molecular flexibility index (Phi) is 3.59. The van der Waals surface area contributed by atoms with Gasteiger partial charge in [-0.2, -0.15) is 0 Å². The van der Waals surface area contributed by atoms with Gasteiger partial charge in [-0.05, 0) is 18.4 Å². The first-order valence-corrected chi connectivity index (χ1v) is 5.78. The highest BCUT2D eigenvalue weighted by Crippen LogP contribution is 2.40. The van der Waals surface area contributed by atoms with Gasteiger partial charge >= 0.3 is 0 Å². The van der Waals surface area contributed by atoms with Crippen molar-refractivity contribution >= 4 is 0 Å². The lowest BCUT2D eigenvalue weighted by molar-refractivity contribution is -0.0309. The molecule has 1 saturated heterocycles. The molecule has 0 unspecified atom stereocenters. The monoisotopic (exact) mass is 221 g/mol. The quantitative estimate of drug-likeness (QED) is 0.812. The summed E-state index contributed by atoms with van der Waals surface area (Å²) in [5.41, 5.74) is 7.19. The lowest BCUT2D eigenvalue weighted by Crippen LogP contribution is -2.42. The second kappa shape index (κ2) is 4.95. The van der Waals surface area contributed by atoms with E-state index in [0.29, 0.717) is 13.2 Å². The molecule has 0 aromatic heterocycles. The van der Waals surface area contributed by atoms with E-state index in [1.54, 1.807) is 0 Å². The second-order valence-electron chi connectivity index (χ2n) is 4.52. The number of ether oxygens (including phenoxy) is 1. The van der Waals surface area contributed by atoms with Crippen molar-refractivity contribution in [3.8, 4) is 0 Å². The van der Waals surface area contributed by atoms with Crippen LogP contribution < -0.4 is 5.73 Å². The van der Waals surface area contributed by atoms with Gasteiger partial charge in [-0.15, -0.1) is 0 Å². The molecule has 1 aliphatic heterocycles. The van der Waals surface area contributed by atoms with Gasteiger partial charge in [0.2, 0.25) is 0 Å². The van der Waals surface area contributed by atoms with E-state index in [0.717, 1.165) is 18.4 Å². The predicted octanol–water partition coefficient (Wildman–Crippen LogP) is 1.48. The number of aliphatic hydroxyl groups is 1. The van der Waals surface area contributed by atoms with Crippen LogP contribution in [0.15, 0.2) is 30.3 Å². The van der Waals surface area contributed by atoms with Crippen LogP contribution in [0.4, 0.5) is 0 Å². The molecule has 88 valence electrons. The Labute approximate surface area is 96.2 Å². The Bertz CT molecular complexity index is 320. The SMILES string of the molecule is N[C@@H](c1ccccc1)C1(CO)CCOCC1. The molecule has 16 heavy (non-hydrogen) atoms. The summed E-state index contributed by atoms with van der Waals surface area (Å²) in [6.45, 7) is 1.52. The van der Waals surface area contributed by atoms with Crippen molar-refractivity contribution in [3.05, 3.63) is 35.9 Å². The summed E-state index contributed by atoms with van der Waals surface area (Å²) < 4.78 is 5.35. The summed E-state index contributed by atoms with van der Waals surface area (Å²) in [6, 6.07) is 9.89. The smallest absolute Gasteiger partial charge is 0.0507 e. The minimum Gasteiger partial charge on any atom is -0.396 e. The Balaban J connectivity index is 2.20. The van der Waals surface area contributed by atoms with Gasteiger partial charge < -0.3 is 15.6 Å². The number of hydrogen-bond donors (Lipinski definition) is 2. The minimum atomic E-state index is -0.209. The van der Waals surface area contributed by atoms with Crippen molar-refractivity contribution in [2.75, 3.05) is 19.8 Å². The Hall–Kier alpha value is -0.900. The van der Waals surface area contributed by atoms with E-state index in [-0.39, 0.29) is 18.1 Å². The molecule has 1 aliphatic rings. The molecule has 0 amide bonds. The van der Waals surface area contributed by atoms with E-state index in [1.807, 2.05) is 30.3 Å². The maximum absolute atomic E-state index is 9.64. The summed E-state index contributed by atoms with van der Waals surface area (Å²) >= 11 is 0. The molecule has 1 aromatic carbocycles. The summed E-state index contributed by atoms with van der Waals surface area (Å²) in [5, 5.41) is 9.64. The maximum atomic E-state index is 9.64. The zero-order chi connectivity index (χ0) is 11.4. The molecule has 1 atom stereocenters. The molecule has 0 radical (unpaired) electrons. The highest BCUT2D eigenvalue weighted by atomic mass is 16.5. The third-order valence-corrected chi connectivity index (χ3v) is 3.62. The van der Waals surface area contributed by atoms with Crippen molar-refractivity contribution in [1.82, 2.24) is 0 Å². The number of hydrogen-bond acceptors (Lipinski definition) is 3. The Morgan fingerprint density at radius 1 is 1.25 bits per heavy atom. The van der Waals surface area contributed by atoms with Gasteiger partial charge in [-0.1, -0.05) is 30.3 Å². The highest BCUT2D eigenvalue weighted by molar-refractivity contribution is 5.21. The molecule has 0 aliphatic carbocycles. The molecule has 1 aromatic rings. The summed E-state index contributed by atoms with van der Waals surface area (Å²) in [6.07, 6.45) is 1.67. The topological polar surface area (TPSA) is 55.5 Å². The average molecular weight is 221 g/mol. The van der Waals surface area contributed by atoms with Gasteiger partial charge in [0.1, 0.15) is 0 Å². The molecule has 3 N–H and O–H groups in total. The van der Waals surface area contributed by atoms with E-state index < -0.39 is 0 Å². The lowest BCUT2D eigenvalue weighted by atomic mass is 9.72. The van der Waals surface area contributed by atoms with Crippen LogP contribution in [0.1, 0.15) is 24.4 Å². The van der Waals surface area contributed by atoms with Crippen molar-refractivity contribution in [1.29, 1.82) is 0 Å². The largest absolute Gasteiger partial charge is 0.396 e. The summed E-state index contributed by atoms with van der Waals surface area (Å²) in [5.74, 6) is 0. The minimum absolute atomic E-state index is 0.109. The van der Waals surface area contributed by atoms with E-state index in [4.69, 9.17) is 10.5 Å². The standard InChI is InChI=1S/C13H19NO2/c14-12(11-4-2-1-3-5-11)13(10-15)6-8-16-9-7-13/h1-5,12,15H,6-10,14H2/t12-/m0/s1. The van der Waals surface area contributed by atoms with Gasteiger partial charge in [0.25, 0.3) is 0 Å². The van der Waals surface area contributed by atoms with Crippen LogP contribution in [0.25, 0.3) is 0 Å². The molecular weight excluding hydrogens is 202 g/mol. The fraction of sp³-hybridized carbons (Fsp3) is 0.538. The first-order chi connectivity index (χ1) is 7.78. The fourth-order valence-electron chi connectivity index (χ4n) is 2.36. The molecule has 1 heterocycles. The van der Waals surface area contributed by atoms with E-state index >= 15 is 0 Å². The average Bonchev–Trinajstić information content (AvgIpc) is 2.39. The Morgan fingerprint density at radius 2 is 1.88 bits per heavy atom. The van der Waals surface area contributed by atoms with Gasteiger partial charge in [0.15, 0.2) is 0 Å². The number of benzene rings is 1. The van der Waals surface area contributed by atoms with Crippen LogP contribution in [0.5, 0.6) is 0 Å². The number of rotatable bonds is 3. The van der Waals surface area contributed by atoms with E-state index in [2.05, 4.69) is 0 Å². The molecule has 3 nitrogen and oxygen atoms in total. The molecule has 0 saturated carbocycles. The highest BCUT2D eigenvalue weighted by Gasteiger charge is 2.38. The predicted molar refractivity (Wildman–Crippen MR) is 62.9 cm³/mol. The van der Waals surface area contributed by atoms with Crippen LogP contribution in [-0.2, 0) is 4.74 Å². The first-order valence-electron chi connectivity index (χ1n) is 5.78. The summed E-state index contributed by atoms with van der Waals surface area (Å²) in [7, 11) is 0. The van der Waals surface area contributed by atoms with Crippen LogP contribution in [-0.4, -0.2) is 24.9 Å². The molecule has 0 spiro atoms. The molecular formula is C13H19NO2. The fourth-order valence-corrected chi connectivity index (χ4v) is 2.36. The number of aliphatic hydroxyl groups excluding tert-OH is 1. The summed E-state index contributed by atoms with van der Waals surface area (Å²) in [4.78, 5) is 0. The molecule has 1 fully saturated rings. The first kappa shape index (κ1) is 11.6. The Morgan fingerprint density at radius 3 is 2.44 bits per heavy atom. The van der Waals surface area contributed by atoms with Crippen molar-refractivity contribution < 1.29 is 9.84 Å². The molecule has 0 bridgehead atoms. The van der Waals surface area contributed by atoms with Crippen LogP contribution >= 0.6 is 0 Å². The zero-order valence-electron chi connectivity index (χ0n) is 9.43. The van der Waals surface area contributed by atoms with Gasteiger partial charge in [0.05, 0.1) is 6.61 Å². The molecule has 2 rings (SSSR count). The maximum Gasteiger partial charge on any atom is 0.0507 e. The second-order valence-corrected chi connectivity index (χ2v) is 4.52. The zero-order valence-corrected chi connectivity index (χ0v) is 9.43. The van der Waals surface area contributed by atoms with Crippen molar-refractivity contribution in [2.45, 2.75) is 18.9 Å². The van der Waals surface area contributed by atoms with Crippen LogP contribution in [0.2, 0.25) is 0 Å². The van der Waals surface area contributed by atoms with Crippen molar-refractivity contribution in [3.63, 3.8) is 0 Å². The van der Waals surface area contributed by atoms with Crippen molar-refractivity contribution in [2.24, 2.45) is 11.1 Å². The third kappa shape index (κ3) is 2.12. The molecule has 3 heteroatoms. The normalized spacial score (nSPS) is 21.6. The van der Waals surface area contributed by atoms with E-state index in [1.165, 1.54) is 0 Å². The lowest BCUT2D eigenvalue weighted by Gasteiger charge is -2.40. The van der Waals surface area contributed by atoms with Crippen LogP contribution in [0, 0.1) is 5.41 Å².